The summed E-state index contributed by atoms with van der Waals surface area (Å²) in [4.78, 5) is 14.0. The summed E-state index contributed by atoms with van der Waals surface area (Å²) in [5, 5.41) is 2.99. The number of piperidine rings is 1. The van der Waals surface area contributed by atoms with Gasteiger partial charge >= 0.3 is 0 Å². The highest BCUT2D eigenvalue weighted by molar-refractivity contribution is 5.75. The van der Waals surface area contributed by atoms with E-state index in [0.717, 1.165) is 58.7 Å². The second kappa shape index (κ2) is 7.96. The molecule has 5 nitrogen and oxygen atoms in total. The number of likely N-dealkylation sites (tertiary alicyclic amines) is 1. The molecule has 0 aromatic carbocycles. The molecule has 2 aliphatic rings. The van der Waals surface area contributed by atoms with Crippen LogP contribution in [0, 0.1) is 0 Å². The number of nitrogens with one attached hydrogen (secondary N) is 1. The number of carbonyl (C=O) groups excluding carboxylic acids is 1. The lowest BCUT2D eigenvalue weighted by atomic mass is 10.0. The number of hydrogen-bond donors (Lipinski definition) is 1. The minimum Gasteiger partial charge on any atom is -0.356 e. The van der Waals surface area contributed by atoms with Crippen molar-refractivity contribution >= 4 is 5.91 Å². The molecule has 2 saturated heterocycles. The number of unbranched alkanes of at least 4 members (excludes halogenated alkanes) is 2. The van der Waals surface area contributed by atoms with Crippen LogP contribution in [0.25, 0.3) is 0 Å². The summed E-state index contributed by atoms with van der Waals surface area (Å²) in [6.45, 7) is 7.20. The molecule has 0 aromatic rings. The molecule has 0 saturated carbocycles. The first-order valence-corrected chi connectivity index (χ1v) is 8.01. The Morgan fingerprint density at radius 1 is 1.20 bits per heavy atom. The SMILES string of the molecule is CCCCCNC(=O)CCN1CCC2(CC1)OCCO2. The molecular weight excluding hydrogens is 256 g/mol. The van der Waals surface area contributed by atoms with E-state index in [1.165, 1.54) is 12.8 Å². The van der Waals surface area contributed by atoms with Crippen molar-refractivity contribution in [2.45, 2.75) is 51.2 Å². The third-order valence-corrected chi connectivity index (χ3v) is 4.19. The quantitative estimate of drug-likeness (QED) is 0.720. The highest BCUT2D eigenvalue weighted by Crippen LogP contribution is 2.31. The van der Waals surface area contributed by atoms with Crippen LogP contribution >= 0.6 is 0 Å². The van der Waals surface area contributed by atoms with Gasteiger partial charge in [-0.15, -0.1) is 0 Å². The van der Waals surface area contributed by atoms with Crippen LogP contribution < -0.4 is 5.32 Å². The topological polar surface area (TPSA) is 50.8 Å². The Hall–Kier alpha value is -0.650. The van der Waals surface area contributed by atoms with E-state index in [-0.39, 0.29) is 11.7 Å². The third-order valence-electron chi connectivity index (χ3n) is 4.19. The maximum atomic E-state index is 11.7. The third kappa shape index (κ3) is 4.72. The van der Waals surface area contributed by atoms with Crippen LogP contribution in [0.3, 0.4) is 0 Å². The van der Waals surface area contributed by atoms with E-state index in [1.807, 2.05) is 0 Å². The molecule has 2 heterocycles. The van der Waals surface area contributed by atoms with Crippen molar-refractivity contribution < 1.29 is 14.3 Å². The molecule has 0 unspecified atom stereocenters. The summed E-state index contributed by atoms with van der Waals surface area (Å²) >= 11 is 0. The zero-order valence-corrected chi connectivity index (χ0v) is 12.7. The molecule has 5 heteroatoms. The lowest BCUT2D eigenvalue weighted by molar-refractivity contribution is -0.185. The Labute approximate surface area is 122 Å². The van der Waals surface area contributed by atoms with Gasteiger partial charge in [0, 0.05) is 45.4 Å². The molecule has 0 aliphatic carbocycles. The average molecular weight is 284 g/mol. The zero-order chi connectivity index (χ0) is 14.3. The summed E-state index contributed by atoms with van der Waals surface area (Å²) in [7, 11) is 0. The first kappa shape index (κ1) is 15.7. The molecule has 1 spiro atoms. The predicted molar refractivity (Wildman–Crippen MR) is 77.5 cm³/mol. The highest BCUT2D eigenvalue weighted by Gasteiger charge is 2.39. The molecule has 2 rings (SSSR count). The summed E-state index contributed by atoms with van der Waals surface area (Å²) in [6, 6.07) is 0. The Bertz CT molecular complexity index is 293. The van der Waals surface area contributed by atoms with E-state index >= 15 is 0 Å². The van der Waals surface area contributed by atoms with E-state index in [2.05, 4.69) is 17.1 Å². The second-order valence-electron chi connectivity index (χ2n) is 5.76. The van der Waals surface area contributed by atoms with Gasteiger partial charge in [-0.25, -0.2) is 0 Å². The first-order valence-electron chi connectivity index (χ1n) is 8.01. The van der Waals surface area contributed by atoms with Crippen LogP contribution in [0.4, 0.5) is 0 Å². The van der Waals surface area contributed by atoms with E-state index in [0.29, 0.717) is 6.42 Å². The monoisotopic (exact) mass is 284 g/mol. The molecule has 0 aromatic heterocycles. The summed E-state index contributed by atoms with van der Waals surface area (Å²) in [6.07, 6.45) is 5.91. The molecule has 116 valence electrons. The Morgan fingerprint density at radius 3 is 2.55 bits per heavy atom. The Balaban J connectivity index is 1.55. The summed E-state index contributed by atoms with van der Waals surface area (Å²) in [5.41, 5.74) is 0. The minimum atomic E-state index is -0.307. The normalized spacial score (nSPS) is 22.2. The van der Waals surface area contributed by atoms with Gasteiger partial charge < -0.3 is 19.7 Å². The standard InChI is InChI=1S/C15H28N2O3/c1-2-3-4-8-16-14(18)5-9-17-10-6-15(7-11-17)19-12-13-20-15/h2-13H2,1H3,(H,16,18). The fourth-order valence-corrected chi connectivity index (χ4v) is 2.85. The molecule has 2 aliphatic heterocycles. The van der Waals surface area contributed by atoms with Crippen LogP contribution in [0.1, 0.15) is 45.4 Å². The van der Waals surface area contributed by atoms with Crippen molar-refractivity contribution in [1.29, 1.82) is 0 Å². The number of nitrogens with zero attached hydrogens (tertiary/aromatic N) is 1. The smallest absolute Gasteiger partial charge is 0.221 e. The number of amides is 1. The molecule has 0 bridgehead atoms. The van der Waals surface area contributed by atoms with Crippen LogP contribution in [-0.4, -0.2) is 56.0 Å². The number of hydrogen-bond acceptors (Lipinski definition) is 4. The van der Waals surface area contributed by atoms with Gasteiger partial charge in [-0.3, -0.25) is 4.79 Å². The molecule has 1 N–H and O–H groups in total. The first-order chi connectivity index (χ1) is 9.74. The minimum absolute atomic E-state index is 0.176. The largest absolute Gasteiger partial charge is 0.356 e. The lowest BCUT2D eigenvalue weighted by Crippen LogP contribution is -2.46. The van der Waals surface area contributed by atoms with Gasteiger partial charge in [0.1, 0.15) is 0 Å². The van der Waals surface area contributed by atoms with Gasteiger partial charge in [-0.2, -0.15) is 0 Å². The van der Waals surface area contributed by atoms with Crippen molar-refractivity contribution in [3.8, 4) is 0 Å². The van der Waals surface area contributed by atoms with Crippen molar-refractivity contribution in [2.75, 3.05) is 39.4 Å². The van der Waals surface area contributed by atoms with Gasteiger partial charge in [0.15, 0.2) is 5.79 Å². The lowest BCUT2D eigenvalue weighted by Gasteiger charge is -2.37. The maximum absolute atomic E-state index is 11.7. The van der Waals surface area contributed by atoms with E-state index in [9.17, 15) is 4.79 Å². The zero-order valence-electron chi connectivity index (χ0n) is 12.7. The fraction of sp³-hybridized carbons (Fsp3) is 0.933. The number of rotatable bonds is 7. The number of carbonyl (C=O) groups is 1. The summed E-state index contributed by atoms with van der Waals surface area (Å²) < 4.78 is 11.4. The van der Waals surface area contributed by atoms with Crippen molar-refractivity contribution in [3.63, 3.8) is 0 Å². The molecule has 0 radical (unpaired) electrons. The van der Waals surface area contributed by atoms with Crippen LogP contribution in [-0.2, 0) is 14.3 Å². The van der Waals surface area contributed by atoms with E-state index in [1.54, 1.807) is 0 Å². The van der Waals surface area contributed by atoms with Crippen LogP contribution in [0.2, 0.25) is 0 Å². The van der Waals surface area contributed by atoms with E-state index < -0.39 is 0 Å². The van der Waals surface area contributed by atoms with Gasteiger partial charge in [0.25, 0.3) is 0 Å². The molecular formula is C15H28N2O3. The second-order valence-corrected chi connectivity index (χ2v) is 5.76. The van der Waals surface area contributed by atoms with E-state index in [4.69, 9.17) is 9.47 Å². The highest BCUT2D eigenvalue weighted by atomic mass is 16.7. The van der Waals surface area contributed by atoms with Gasteiger partial charge in [0.2, 0.25) is 5.91 Å². The van der Waals surface area contributed by atoms with Gasteiger partial charge in [0.05, 0.1) is 13.2 Å². The van der Waals surface area contributed by atoms with Crippen molar-refractivity contribution in [3.05, 3.63) is 0 Å². The van der Waals surface area contributed by atoms with Crippen molar-refractivity contribution in [1.82, 2.24) is 10.2 Å². The Morgan fingerprint density at radius 2 is 1.90 bits per heavy atom. The predicted octanol–water partition coefficient (Wildman–Crippen LogP) is 1.52. The molecule has 1 amide bonds. The van der Waals surface area contributed by atoms with Crippen LogP contribution in [0.5, 0.6) is 0 Å². The van der Waals surface area contributed by atoms with Gasteiger partial charge in [-0.05, 0) is 6.42 Å². The van der Waals surface area contributed by atoms with Gasteiger partial charge in [-0.1, -0.05) is 19.8 Å². The molecule has 2 fully saturated rings. The fourth-order valence-electron chi connectivity index (χ4n) is 2.85. The Kier molecular flexibility index (Phi) is 6.26. The molecule has 20 heavy (non-hydrogen) atoms. The maximum Gasteiger partial charge on any atom is 0.221 e. The number of ether oxygens (including phenoxy) is 2. The average Bonchev–Trinajstić information content (AvgIpc) is 2.91. The molecule has 0 atom stereocenters. The van der Waals surface area contributed by atoms with Crippen LogP contribution in [0.15, 0.2) is 0 Å². The summed E-state index contributed by atoms with van der Waals surface area (Å²) in [5.74, 6) is -0.131. The van der Waals surface area contributed by atoms with Crippen molar-refractivity contribution in [2.24, 2.45) is 0 Å².